The van der Waals surface area contributed by atoms with E-state index in [-0.39, 0.29) is 12.3 Å². The fourth-order valence-electron chi connectivity index (χ4n) is 6.27. The van der Waals surface area contributed by atoms with Gasteiger partial charge in [0, 0.05) is 30.0 Å². The van der Waals surface area contributed by atoms with Crippen LogP contribution in [0.4, 0.5) is 11.6 Å². The van der Waals surface area contributed by atoms with Crippen LogP contribution >= 0.6 is 0 Å². The number of anilines is 2. The van der Waals surface area contributed by atoms with E-state index in [1.807, 2.05) is 42.7 Å². The first kappa shape index (κ1) is 38.0. The highest BCUT2D eigenvalue weighted by atomic mass is 16.6. The highest BCUT2D eigenvalue weighted by Gasteiger charge is 2.20. The molecule has 0 radical (unpaired) electrons. The molecule has 1 aliphatic rings. The number of aliphatic carboxylic acids is 1. The number of unbranched alkanes of at least 4 members (excludes halogenated alkanes) is 6. The van der Waals surface area contributed by atoms with Crippen LogP contribution in [0.2, 0.25) is 0 Å². The molecule has 0 amide bonds. The highest BCUT2D eigenvalue weighted by Crippen LogP contribution is 2.34. The van der Waals surface area contributed by atoms with Crippen LogP contribution in [0, 0.1) is 0 Å². The van der Waals surface area contributed by atoms with Crippen molar-refractivity contribution >= 4 is 17.6 Å². The fraction of sp³-hybridized carbons (Fsp3) is 0.487. The first-order chi connectivity index (χ1) is 24.4. The minimum absolute atomic E-state index is 0.0728. The average molecular weight is 684 g/mol. The summed E-state index contributed by atoms with van der Waals surface area (Å²) in [6.45, 7) is 3.22. The molecule has 0 spiro atoms. The number of nitrogens with two attached hydrogens (primary N) is 2. The molecule has 268 valence electrons. The van der Waals surface area contributed by atoms with Gasteiger partial charge in [-0.05, 0) is 98.2 Å². The predicted molar refractivity (Wildman–Crippen MR) is 196 cm³/mol. The molecular formula is C39H53N7O4. The van der Waals surface area contributed by atoms with Crippen LogP contribution in [0.3, 0.4) is 0 Å². The molecular weight excluding hydrogens is 630 g/mol. The molecule has 2 atom stereocenters. The Morgan fingerprint density at radius 1 is 0.760 bits per heavy atom. The van der Waals surface area contributed by atoms with Crippen molar-refractivity contribution < 1.29 is 19.4 Å². The van der Waals surface area contributed by atoms with Gasteiger partial charge in [0.2, 0.25) is 0 Å². The Labute approximate surface area is 296 Å². The van der Waals surface area contributed by atoms with Gasteiger partial charge in [0.1, 0.15) is 31.2 Å². The molecule has 2 unspecified atom stereocenters. The summed E-state index contributed by atoms with van der Waals surface area (Å²) in [5.74, 6) is 1.99. The third kappa shape index (κ3) is 13.6. The van der Waals surface area contributed by atoms with Gasteiger partial charge in [-0.25, -0.2) is 24.9 Å². The lowest BCUT2D eigenvalue weighted by Gasteiger charge is -2.20. The lowest BCUT2D eigenvalue weighted by molar-refractivity contribution is -0.137. The van der Waals surface area contributed by atoms with Gasteiger partial charge in [0.25, 0.3) is 5.88 Å². The lowest BCUT2D eigenvalue weighted by atomic mass is 9.91. The third-order valence-electron chi connectivity index (χ3n) is 8.98. The molecule has 5 heterocycles. The van der Waals surface area contributed by atoms with E-state index in [9.17, 15) is 9.90 Å². The van der Waals surface area contributed by atoms with Crippen molar-refractivity contribution in [3.8, 4) is 11.6 Å². The van der Waals surface area contributed by atoms with Gasteiger partial charge in [-0.15, -0.1) is 0 Å². The third-order valence-corrected chi connectivity index (χ3v) is 8.98. The van der Waals surface area contributed by atoms with E-state index in [4.69, 9.17) is 20.9 Å². The first-order valence-corrected chi connectivity index (χ1v) is 18.1. The second kappa shape index (κ2) is 21.3. The van der Waals surface area contributed by atoms with Gasteiger partial charge in [-0.2, -0.15) is 0 Å². The van der Waals surface area contributed by atoms with Gasteiger partial charge < -0.3 is 26.0 Å². The van der Waals surface area contributed by atoms with E-state index in [0.717, 1.165) is 68.3 Å². The van der Waals surface area contributed by atoms with E-state index < -0.39 is 5.97 Å². The van der Waals surface area contributed by atoms with Crippen molar-refractivity contribution in [2.75, 3.05) is 24.7 Å². The molecule has 0 saturated heterocycles. The van der Waals surface area contributed by atoms with Crippen LogP contribution in [0.25, 0.3) is 0 Å². The Bertz CT molecular complexity index is 1570. The second-order valence-electron chi connectivity index (χ2n) is 12.9. The van der Waals surface area contributed by atoms with Gasteiger partial charge in [0.15, 0.2) is 5.75 Å². The molecule has 0 fully saturated rings. The molecule has 0 bridgehead atoms. The number of fused-ring (bicyclic) bond motifs is 1. The Kier molecular flexibility index (Phi) is 16.2. The average Bonchev–Trinajstić information content (AvgIpc) is 3.12. The van der Waals surface area contributed by atoms with Crippen molar-refractivity contribution in [3.63, 3.8) is 0 Å². The number of carboxylic acid groups (broad SMARTS) is 1. The van der Waals surface area contributed by atoms with Crippen LogP contribution < -0.4 is 20.9 Å². The standard InChI is InChI=1S/C21H27N3O4.C18H26N4/c22-19-9-5-8-17(24-19)7-4-2-1-3-6-15(13-20(25)26)16-12-18-21(23-14-16)28-11-10-27-18;1-2-15(16-12-20-14-21-13-16)8-5-3-4-6-9-17-10-7-11-18(19)22-17/h5,8-9,12,14-15H,1-4,6-7,10-11,13H2,(H2,22,24)(H,25,26);7,10-15H,2-6,8-9H2,1H3,(H2,19,22). The van der Waals surface area contributed by atoms with Gasteiger partial charge >= 0.3 is 5.97 Å². The maximum atomic E-state index is 11.3. The molecule has 0 saturated carbocycles. The molecule has 0 aromatic carbocycles. The summed E-state index contributed by atoms with van der Waals surface area (Å²) in [4.78, 5) is 32.5. The van der Waals surface area contributed by atoms with Crippen LogP contribution in [0.5, 0.6) is 11.6 Å². The zero-order valence-corrected chi connectivity index (χ0v) is 29.4. The predicted octanol–water partition coefficient (Wildman–Crippen LogP) is 7.72. The van der Waals surface area contributed by atoms with E-state index in [2.05, 4.69) is 37.9 Å². The summed E-state index contributed by atoms with van der Waals surface area (Å²) < 4.78 is 11.0. The first-order valence-electron chi connectivity index (χ1n) is 18.1. The number of hydrogen-bond donors (Lipinski definition) is 3. The molecule has 5 rings (SSSR count). The molecule has 5 N–H and O–H groups in total. The highest BCUT2D eigenvalue weighted by molar-refractivity contribution is 5.68. The van der Waals surface area contributed by atoms with E-state index in [1.54, 1.807) is 18.6 Å². The summed E-state index contributed by atoms with van der Waals surface area (Å²) in [6, 6.07) is 13.5. The molecule has 0 aliphatic carbocycles. The van der Waals surface area contributed by atoms with Crippen molar-refractivity contribution in [1.82, 2.24) is 24.9 Å². The molecule has 50 heavy (non-hydrogen) atoms. The molecule has 1 aliphatic heterocycles. The van der Waals surface area contributed by atoms with E-state index in [1.165, 1.54) is 37.7 Å². The zero-order valence-electron chi connectivity index (χ0n) is 29.4. The lowest BCUT2D eigenvalue weighted by Crippen LogP contribution is -2.17. The normalized spacial score (nSPS) is 13.1. The Morgan fingerprint density at radius 3 is 1.92 bits per heavy atom. The summed E-state index contributed by atoms with van der Waals surface area (Å²) in [7, 11) is 0. The van der Waals surface area contributed by atoms with Crippen molar-refractivity contribution in [2.24, 2.45) is 0 Å². The number of aromatic nitrogens is 5. The number of ether oxygens (including phenoxy) is 2. The minimum atomic E-state index is -0.798. The van der Waals surface area contributed by atoms with Crippen molar-refractivity contribution in [3.05, 3.63) is 89.9 Å². The van der Waals surface area contributed by atoms with Crippen LogP contribution in [-0.2, 0) is 17.6 Å². The summed E-state index contributed by atoms with van der Waals surface area (Å²) in [6.07, 6.45) is 21.5. The summed E-state index contributed by atoms with van der Waals surface area (Å²) >= 11 is 0. The van der Waals surface area contributed by atoms with Gasteiger partial charge in [0.05, 0.1) is 6.42 Å². The monoisotopic (exact) mass is 683 g/mol. The van der Waals surface area contributed by atoms with Crippen LogP contribution in [-0.4, -0.2) is 49.2 Å². The fourth-order valence-corrected chi connectivity index (χ4v) is 6.27. The van der Waals surface area contributed by atoms with Crippen molar-refractivity contribution in [1.29, 1.82) is 0 Å². The Morgan fingerprint density at radius 2 is 1.34 bits per heavy atom. The largest absolute Gasteiger partial charge is 0.484 e. The number of nitrogens with zero attached hydrogens (tertiary/aromatic N) is 5. The number of nitrogen functional groups attached to an aromatic ring is 2. The molecule has 11 heteroatoms. The van der Waals surface area contributed by atoms with Crippen LogP contribution in [0.15, 0.2) is 67.4 Å². The smallest absolute Gasteiger partial charge is 0.303 e. The Balaban J connectivity index is 0.000000232. The topological polar surface area (TPSA) is 172 Å². The number of carboxylic acids is 1. The summed E-state index contributed by atoms with van der Waals surface area (Å²) in [5.41, 5.74) is 15.7. The number of pyridine rings is 3. The number of hydrogen-bond acceptors (Lipinski definition) is 10. The van der Waals surface area contributed by atoms with Crippen LogP contribution in [0.1, 0.15) is 118 Å². The maximum absolute atomic E-state index is 11.3. The SMILES string of the molecule is CCC(CCCCCCc1cccc(N)n1)c1cncnc1.Nc1cccc(CCCCCCC(CC(=O)O)c2cnc3c(c2)OCCO3)n1. The number of aryl methyl sites for hydroxylation is 2. The number of rotatable bonds is 19. The zero-order chi connectivity index (χ0) is 35.4. The number of carbonyl (C=O) groups is 1. The molecule has 11 nitrogen and oxygen atoms in total. The second-order valence-corrected chi connectivity index (χ2v) is 12.9. The minimum Gasteiger partial charge on any atom is -0.484 e. The molecule has 4 aromatic rings. The van der Waals surface area contributed by atoms with E-state index >= 15 is 0 Å². The van der Waals surface area contributed by atoms with Crippen molar-refractivity contribution in [2.45, 2.75) is 109 Å². The quantitative estimate of drug-likeness (QED) is 0.0826. The van der Waals surface area contributed by atoms with E-state index in [0.29, 0.717) is 42.4 Å². The summed E-state index contributed by atoms with van der Waals surface area (Å²) in [5, 5.41) is 9.28. The maximum Gasteiger partial charge on any atom is 0.303 e. The Hall–Kier alpha value is -4.80. The van der Waals surface area contributed by atoms with Gasteiger partial charge in [-0.3, -0.25) is 4.79 Å². The van der Waals surface area contributed by atoms with Gasteiger partial charge in [-0.1, -0.05) is 57.6 Å². The molecule has 4 aromatic heterocycles.